The van der Waals surface area contributed by atoms with E-state index in [-0.39, 0.29) is 56.9 Å². The number of aliphatic hydroxyl groups is 4. The van der Waals surface area contributed by atoms with Crippen LogP contribution in [0.15, 0.2) is 109 Å². The van der Waals surface area contributed by atoms with E-state index in [9.17, 15) is 78.3 Å². The van der Waals surface area contributed by atoms with Gasteiger partial charge in [0.1, 0.15) is 67.1 Å². The molecule has 4 aromatic carbocycles. The number of carboxylic acids is 1. The van der Waals surface area contributed by atoms with Crippen LogP contribution in [0.2, 0.25) is 0 Å². The highest BCUT2D eigenvalue weighted by Gasteiger charge is 2.42. The number of benzene rings is 4. The summed E-state index contributed by atoms with van der Waals surface area (Å²) in [4.78, 5) is 165. The van der Waals surface area contributed by atoms with Crippen LogP contribution in [-0.4, -0.2) is 196 Å². The second-order valence-electron chi connectivity index (χ2n) is 26.8. The smallest absolute Gasteiger partial charge is 0.408 e. The third-order valence-electron chi connectivity index (χ3n) is 16.7. The molecule has 0 radical (unpaired) electrons. The fourth-order valence-corrected chi connectivity index (χ4v) is 11.0. The first-order valence-corrected chi connectivity index (χ1v) is 34.1. The lowest BCUT2D eigenvalue weighted by Gasteiger charge is -2.33. The number of fused-ring (bicyclic) bond motifs is 3. The number of hydrogen-bond acceptors (Lipinski definition) is 19. The molecule has 1 unspecified atom stereocenters. The first-order valence-electron chi connectivity index (χ1n) is 34.1. The molecule has 1 aliphatic rings. The standard InChI is InChI=1S/C72H99N11O20/c1-11-41(6)55(65(93)80-56(42(7)86)64(92)74-34-54(87)75-52(35-84)63(91)78-53(36-85)68(96)97)79-61(89)50(31-22-32-73-69(98)101-37-43-23-14-12-15-24-43)76-62(90)51(33-39(2)3)77-67(95)59(60(88)40(4)5)81-66(94)58(57(44-25-16-13-17-26-44)82-71(100)103-72(8,9)10)83-70(99)102-38-49-47-29-20-18-27-45(47)46-28-19-21-30-48(46)49/h12-21,23-30,39-42,49-53,55-60,84-86,88H,11,22,31-38H2,1-10H3,(H,73,98)(H,74,92)(H,75,87)(H,76,90)(H,77,95)(H,78,91)(H,79,89)(H,80,93)(H,81,94)(H,82,100)(H,83,99)(H,96,97)/t41-,42-,50+,51-,52-,53-,55-,56-,57+,58-,59?,60+/m0/s1. The number of amides is 11. The molecule has 562 valence electrons. The largest absolute Gasteiger partial charge is 0.480 e. The zero-order valence-corrected chi connectivity index (χ0v) is 59.5. The summed E-state index contributed by atoms with van der Waals surface area (Å²) >= 11 is 0. The highest BCUT2D eigenvalue weighted by Crippen LogP contribution is 2.44. The van der Waals surface area contributed by atoms with E-state index in [1.165, 1.54) is 0 Å². The van der Waals surface area contributed by atoms with Crippen molar-refractivity contribution in [2.75, 3.05) is 32.9 Å². The van der Waals surface area contributed by atoms with Crippen LogP contribution in [0.25, 0.3) is 11.1 Å². The van der Waals surface area contributed by atoms with Crippen molar-refractivity contribution in [1.82, 2.24) is 58.5 Å². The molecular formula is C72H99N11O20. The number of alkyl carbamates (subject to hydrolysis) is 3. The summed E-state index contributed by atoms with van der Waals surface area (Å²) < 4.78 is 16.9. The molecule has 4 aromatic rings. The van der Waals surface area contributed by atoms with Crippen LogP contribution in [-0.2, 0) is 64.0 Å². The van der Waals surface area contributed by atoms with Crippen LogP contribution in [0.4, 0.5) is 14.4 Å². The zero-order chi connectivity index (χ0) is 76.3. The molecule has 1 aliphatic carbocycles. The molecule has 16 N–H and O–H groups in total. The van der Waals surface area contributed by atoms with Gasteiger partial charge in [-0.3, -0.25) is 38.4 Å². The first-order chi connectivity index (χ1) is 48.8. The van der Waals surface area contributed by atoms with Gasteiger partial charge in [-0.25, -0.2) is 19.2 Å². The first kappa shape index (κ1) is 83.4. The van der Waals surface area contributed by atoms with Crippen molar-refractivity contribution >= 4 is 71.5 Å². The van der Waals surface area contributed by atoms with Gasteiger partial charge < -0.3 is 98.2 Å². The Labute approximate surface area is 597 Å². The van der Waals surface area contributed by atoms with Gasteiger partial charge in [0.15, 0.2) is 0 Å². The number of rotatable bonds is 38. The summed E-state index contributed by atoms with van der Waals surface area (Å²) in [7, 11) is 0. The molecule has 0 saturated heterocycles. The third-order valence-corrected chi connectivity index (χ3v) is 16.7. The Hall–Kier alpha value is -10.2. The van der Waals surface area contributed by atoms with Crippen molar-refractivity contribution in [2.45, 2.75) is 180 Å². The molecule has 31 heteroatoms. The quantitative estimate of drug-likeness (QED) is 0.0225. The second-order valence-corrected chi connectivity index (χ2v) is 26.8. The molecule has 12 atom stereocenters. The van der Waals surface area contributed by atoms with Gasteiger partial charge in [0.2, 0.25) is 47.3 Å². The van der Waals surface area contributed by atoms with E-state index in [2.05, 4.69) is 53.2 Å². The summed E-state index contributed by atoms with van der Waals surface area (Å²) in [5.41, 5.74) is 3.62. The van der Waals surface area contributed by atoms with Gasteiger partial charge in [0.25, 0.3) is 0 Å². The maximum absolute atomic E-state index is 15.2. The van der Waals surface area contributed by atoms with E-state index in [1.807, 2.05) is 53.8 Å². The molecule has 0 saturated carbocycles. The minimum atomic E-state index is -1.91. The van der Waals surface area contributed by atoms with Crippen LogP contribution >= 0.6 is 0 Å². The summed E-state index contributed by atoms with van der Waals surface area (Å²) in [6, 6.07) is 17.0. The fourth-order valence-electron chi connectivity index (χ4n) is 11.0. The van der Waals surface area contributed by atoms with Crippen LogP contribution < -0.4 is 58.5 Å². The number of aliphatic hydroxyl groups excluding tert-OH is 4. The molecule has 31 nitrogen and oxygen atoms in total. The lowest BCUT2D eigenvalue weighted by atomic mass is 9.95. The van der Waals surface area contributed by atoms with Crippen molar-refractivity contribution in [1.29, 1.82) is 0 Å². The minimum absolute atomic E-state index is 0.0278. The van der Waals surface area contributed by atoms with Crippen LogP contribution in [0.3, 0.4) is 0 Å². The van der Waals surface area contributed by atoms with E-state index in [0.717, 1.165) is 29.2 Å². The van der Waals surface area contributed by atoms with Gasteiger partial charge in [-0.05, 0) is 98.1 Å². The van der Waals surface area contributed by atoms with Crippen LogP contribution in [0, 0.1) is 17.8 Å². The molecule has 0 aliphatic heterocycles. The fraction of sp³-hybridized carbons (Fsp3) is 0.500. The van der Waals surface area contributed by atoms with Crippen molar-refractivity contribution in [2.24, 2.45) is 17.8 Å². The Balaban J connectivity index is 1.43. The molecule has 0 fully saturated rings. The molecule has 11 amide bonds. The number of carbonyl (C=O) groups excluding carboxylic acids is 11. The molecule has 0 bridgehead atoms. The molecule has 0 aromatic heterocycles. The average Bonchev–Trinajstić information content (AvgIpc) is 1.67. The van der Waals surface area contributed by atoms with Gasteiger partial charge in [0.05, 0.1) is 38.0 Å². The van der Waals surface area contributed by atoms with E-state index in [1.54, 1.807) is 123 Å². The Morgan fingerprint density at radius 1 is 0.505 bits per heavy atom. The highest BCUT2D eigenvalue weighted by atomic mass is 16.6. The summed E-state index contributed by atoms with van der Waals surface area (Å²) in [6.07, 6.45) is -6.47. The van der Waals surface area contributed by atoms with Gasteiger partial charge in [-0.15, -0.1) is 0 Å². The predicted molar refractivity (Wildman–Crippen MR) is 374 cm³/mol. The summed E-state index contributed by atoms with van der Waals surface area (Å²) in [5, 5.41) is 77.9. The van der Waals surface area contributed by atoms with E-state index >= 15 is 4.79 Å². The lowest BCUT2D eigenvalue weighted by Crippen LogP contribution is -2.63. The van der Waals surface area contributed by atoms with Crippen LogP contribution in [0.5, 0.6) is 0 Å². The van der Waals surface area contributed by atoms with E-state index in [4.69, 9.17) is 14.2 Å². The average molecular weight is 1440 g/mol. The van der Waals surface area contributed by atoms with Gasteiger partial charge >= 0.3 is 24.2 Å². The van der Waals surface area contributed by atoms with Crippen LogP contribution in [0.1, 0.15) is 129 Å². The SMILES string of the molecule is CC[C@H](C)[C@H](NC(=O)[C@@H](CCCNC(=O)OCc1ccccc1)NC(=O)[C@H](CC(C)C)NC(=O)C(NC(=O)[C@@H](NC(=O)OCC1c2ccccc2-c2ccccc21)[C@H](NC(=O)OC(C)(C)C)c1ccccc1)[C@H](O)C(C)C)C(=O)N[C@H](C(=O)NCC(=O)N[C@@H](CO)C(=O)N[C@@H](CO)C(=O)O)[C@H](C)O. The number of nitrogens with one attached hydrogen (secondary N) is 11. The molecule has 5 rings (SSSR count). The maximum Gasteiger partial charge on any atom is 0.408 e. The van der Waals surface area contributed by atoms with Gasteiger partial charge in [-0.2, -0.15) is 0 Å². The minimum Gasteiger partial charge on any atom is -0.480 e. The van der Waals surface area contributed by atoms with Crippen molar-refractivity contribution < 1.29 is 97.3 Å². The highest BCUT2D eigenvalue weighted by molar-refractivity contribution is 5.98. The Kier molecular flexibility index (Phi) is 32.7. The topological polar surface area (TPSA) is 466 Å². The van der Waals surface area contributed by atoms with Gasteiger partial charge in [0, 0.05) is 12.5 Å². The number of aliphatic carboxylic acids is 1. The lowest BCUT2D eigenvalue weighted by molar-refractivity contribution is -0.143. The normalized spacial score (nSPS) is 15.3. The Bertz CT molecular complexity index is 3490. The maximum atomic E-state index is 15.2. The van der Waals surface area contributed by atoms with Crippen molar-refractivity contribution in [3.05, 3.63) is 131 Å². The Morgan fingerprint density at radius 3 is 1.57 bits per heavy atom. The zero-order valence-electron chi connectivity index (χ0n) is 59.5. The molecule has 103 heavy (non-hydrogen) atoms. The summed E-state index contributed by atoms with van der Waals surface area (Å²) in [6.45, 7) is 12.5. The molecule has 0 spiro atoms. The third kappa shape index (κ3) is 26.0. The van der Waals surface area contributed by atoms with Gasteiger partial charge in [-0.1, -0.05) is 157 Å². The second kappa shape index (κ2) is 40.4. The Morgan fingerprint density at radius 2 is 1.02 bits per heavy atom. The molecule has 0 heterocycles. The predicted octanol–water partition coefficient (Wildman–Crippen LogP) is 1.94. The number of carboxylic acid groups (broad SMARTS) is 1. The number of ether oxygens (including phenoxy) is 3. The van der Waals surface area contributed by atoms with Crippen molar-refractivity contribution in [3.8, 4) is 11.1 Å². The molecular weight excluding hydrogens is 1340 g/mol. The van der Waals surface area contributed by atoms with E-state index in [0.29, 0.717) is 5.56 Å². The number of hydrogen-bond donors (Lipinski definition) is 16. The summed E-state index contributed by atoms with van der Waals surface area (Å²) in [5.74, 6) is -12.5. The number of carbonyl (C=O) groups is 12. The van der Waals surface area contributed by atoms with Crippen molar-refractivity contribution in [3.63, 3.8) is 0 Å². The van der Waals surface area contributed by atoms with E-state index < -0.39 is 181 Å². The monoisotopic (exact) mass is 1440 g/mol.